The van der Waals surface area contributed by atoms with Crippen LogP contribution in [0.4, 0.5) is 0 Å². The monoisotopic (exact) mass is 635 g/mol. The quantitative estimate of drug-likeness (QED) is 0.202. The first kappa shape index (κ1) is 32.9. The lowest BCUT2D eigenvalue weighted by atomic mass is 9.84. The van der Waals surface area contributed by atoms with Gasteiger partial charge in [0.25, 0.3) is 0 Å². The topological polar surface area (TPSA) is 116 Å². The molecule has 0 unspecified atom stereocenters. The Morgan fingerprint density at radius 1 is 0.957 bits per heavy atom. The molecule has 4 atom stereocenters. The molecule has 1 aliphatic carbocycles. The van der Waals surface area contributed by atoms with Gasteiger partial charge >= 0.3 is 5.97 Å². The highest BCUT2D eigenvalue weighted by Gasteiger charge is 2.41. The zero-order chi connectivity index (χ0) is 33.6. The van der Waals surface area contributed by atoms with Gasteiger partial charge in [-0.2, -0.15) is 0 Å². The van der Waals surface area contributed by atoms with Crippen molar-refractivity contribution in [2.45, 2.75) is 99.8 Å². The molecule has 248 valence electrons. The summed E-state index contributed by atoms with van der Waals surface area (Å²) in [5.74, 6) is -0.378. The summed E-state index contributed by atoms with van der Waals surface area (Å²) in [5, 5.41) is 17.2. The van der Waals surface area contributed by atoms with E-state index >= 15 is 0 Å². The molecule has 0 saturated carbocycles. The predicted octanol–water partition coefficient (Wildman–Crippen LogP) is 7.66. The van der Waals surface area contributed by atoms with E-state index in [0.29, 0.717) is 24.1 Å². The minimum atomic E-state index is -0.804. The number of hydrogen-bond donors (Lipinski definition) is 3. The largest absolute Gasteiger partial charge is 0.481 e. The highest BCUT2D eigenvalue weighted by Crippen LogP contribution is 2.47. The molecule has 47 heavy (non-hydrogen) atoms. The molecule has 8 bridgehead atoms. The number of ketones is 1. The van der Waals surface area contributed by atoms with Crippen molar-refractivity contribution in [2.75, 3.05) is 6.54 Å². The van der Waals surface area contributed by atoms with Gasteiger partial charge in [-0.05, 0) is 69.4 Å². The number of carbonyl (C=O) groups excluding carboxylic acids is 1. The number of carbonyl (C=O) groups is 2. The molecule has 0 spiro atoms. The molecule has 0 amide bonds. The van der Waals surface area contributed by atoms with E-state index in [4.69, 9.17) is 15.0 Å². The maximum absolute atomic E-state index is 13.0. The number of Topliss-reactive ketones (excluding diaryl/α,β-unsaturated/α-hetero) is 1. The van der Waals surface area contributed by atoms with Crippen molar-refractivity contribution >= 4 is 28.9 Å². The molecule has 3 N–H and O–H groups in total. The first-order valence-corrected chi connectivity index (χ1v) is 17.6. The number of allylic oxidation sites excluding steroid dienone is 11. The molecule has 8 nitrogen and oxygen atoms in total. The number of aliphatic imine (C=N–C) groups is 3. The van der Waals surface area contributed by atoms with E-state index < -0.39 is 5.97 Å². The maximum atomic E-state index is 13.0. The third-order valence-electron chi connectivity index (χ3n) is 10.9. The lowest BCUT2D eigenvalue weighted by Gasteiger charge is -2.18. The fourth-order valence-electron chi connectivity index (χ4n) is 8.14. The van der Waals surface area contributed by atoms with Crippen molar-refractivity contribution in [3.8, 4) is 0 Å². The summed E-state index contributed by atoms with van der Waals surface area (Å²) < 4.78 is 0. The molecule has 6 aliphatic rings. The van der Waals surface area contributed by atoms with Crippen LogP contribution in [0, 0.1) is 23.7 Å². The lowest BCUT2D eigenvalue weighted by Crippen LogP contribution is -2.17. The molecule has 0 aromatic rings. The number of carboxylic acid groups (broad SMARTS) is 1. The Morgan fingerprint density at radius 2 is 1.74 bits per heavy atom. The summed E-state index contributed by atoms with van der Waals surface area (Å²) in [6.45, 7) is 15.5. The Morgan fingerprint density at radius 3 is 2.45 bits per heavy atom. The van der Waals surface area contributed by atoms with Crippen molar-refractivity contribution in [1.29, 1.82) is 0 Å². The van der Waals surface area contributed by atoms with Crippen molar-refractivity contribution in [1.82, 2.24) is 10.6 Å². The van der Waals surface area contributed by atoms with Gasteiger partial charge in [0.05, 0.1) is 28.5 Å². The normalized spacial score (nSPS) is 26.4. The van der Waals surface area contributed by atoms with E-state index in [-0.39, 0.29) is 35.9 Å². The first-order chi connectivity index (χ1) is 22.5. The Hall–Kier alpha value is -4.07. The number of unbranched alkanes of at least 4 members (excludes halogenated alkanes) is 3. The second-order valence-corrected chi connectivity index (χ2v) is 13.9. The van der Waals surface area contributed by atoms with E-state index in [0.717, 1.165) is 76.0 Å². The minimum Gasteiger partial charge on any atom is -0.481 e. The van der Waals surface area contributed by atoms with Gasteiger partial charge in [-0.3, -0.25) is 14.6 Å². The molecule has 5 heterocycles. The molecule has 0 aromatic carbocycles. The summed E-state index contributed by atoms with van der Waals surface area (Å²) in [4.78, 5) is 40.4. The van der Waals surface area contributed by atoms with E-state index in [1.54, 1.807) is 6.92 Å². The van der Waals surface area contributed by atoms with Gasteiger partial charge in [0, 0.05) is 82.6 Å². The summed E-state index contributed by atoms with van der Waals surface area (Å²) in [6, 6.07) is 0. The first-order valence-electron chi connectivity index (χ1n) is 17.6. The van der Waals surface area contributed by atoms with Gasteiger partial charge in [0.1, 0.15) is 0 Å². The van der Waals surface area contributed by atoms with E-state index in [1.165, 1.54) is 30.5 Å². The molecule has 0 aromatic heterocycles. The number of carboxylic acids is 1. The SMILES string of the molecule is CCCCCCNC1=C2C3=NC(=C2C)C=C2NC(=CC4=NC(=CC5=NC(=C3C1)[C@@H](CCC(=O)O)[C@@H]5C)C(C)=C4C(C)=O)[C@H](C)[C@H]2CC. The highest BCUT2D eigenvalue weighted by atomic mass is 16.4. The number of nitrogens with one attached hydrogen (secondary N) is 2. The summed E-state index contributed by atoms with van der Waals surface area (Å²) in [5.41, 5.74) is 13.5. The van der Waals surface area contributed by atoms with Crippen molar-refractivity contribution in [3.05, 3.63) is 80.3 Å². The van der Waals surface area contributed by atoms with Crippen LogP contribution < -0.4 is 10.6 Å². The number of nitrogens with zero attached hydrogens (tertiary/aromatic N) is 3. The number of fused-ring (bicyclic) bond motifs is 5. The Labute approximate surface area is 279 Å². The maximum Gasteiger partial charge on any atom is 0.303 e. The van der Waals surface area contributed by atoms with Crippen molar-refractivity contribution < 1.29 is 14.7 Å². The minimum absolute atomic E-state index is 0.0102. The van der Waals surface area contributed by atoms with E-state index in [9.17, 15) is 14.7 Å². The molecule has 1 fully saturated rings. The van der Waals surface area contributed by atoms with Crippen LogP contribution in [0.2, 0.25) is 0 Å². The van der Waals surface area contributed by atoms with Crippen LogP contribution in [0.5, 0.6) is 0 Å². The average molecular weight is 636 g/mol. The summed E-state index contributed by atoms with van der Waals surface area (Å²) in [7, 11) is 0. The Bertz CT molecular complexity index is 1740. The third kappa shape index (κ3) is 5.96. The van der Waals surface area contributed by atoms with E-state index in [1.807, 2.05) is 13.0 Å². The van der Waals surface area contributed by atoms with Crippen LogP contribution >= 0.6 is 0 Å². The summed E-state index contributed by atoms with van der Waals surface area (Å²) in [6.07, 6.45) is 13.3. The van der Waals surface area contributed by atoms with Gasteiger partial charge in [-0.1, -0.05) is 47.0 Å². The standard InChI is InChI=1S/C39H49N5O3/c1-8-10-11-12-15-40-33-16-27-38-26(13-14-35(46)47)21(4)29(43-38)17-30-22(5)36(24(7)45)34(42-30)19-28-20(3)25(9-2)32(41-28)18-31-23(6)37(33)39(27)44-31/h17-21,25-26,40-41H,8-16H2,1-7H3,(H,46,47)/t20-,21+,25-,26+/m1/s1. The van der Waals surface area contributed by atoms with Gasteiger partial charge in [0.15, 0.2) is 5.78 Å². The zero-order valence-corrected chi connectivity index (χ0v) is 29.0. The molecule has 6 rings (SSSR count). The van der Waals surface area contributed by atoms with Crippen LogP contribution in [0.3, 0.4) is 0 Å². The van der Waals surface area contributed by atoms with Gasteiger partial charge in [-0.25, -0.2) is 9.98 Å². The highest BCUT2D eigenvalue weighted by molar-refractivity contribution is 6.29. The number of aliphatic carboxylic acids is 1. The molecular weight excluding hydrogens is 586 g/mol. The second-order valence-electron chi connectivity index (χ2n) is 13.9. The van der Waals surface area contributed by atoms with Crippen LogP contribution in [-0.2, 0) is 9.59 Å². The van der Waals surface area contributed by atoms with Gasteiger partial charge in [0.2, 0.25) is 0 Å². The molecule has 0 radical (unpaired) electrons. The van der Waals surface area contributed by atoms with Crippen LogP contribution in [-0.4, -0.2) is 40.5 Å². The molecular formula is C39H49N5O3. The third-order valence-corrected chi connectivity index (χ3v) is 10.9. The molecule has 5 aliphatic heterocycles. The zero-order valence-electron chi connectivity index (χ0n) is 29.0. The van der Waals surface area contributed by atoms with Crippen LogP contribution in [0.1, 0.15) is 99.8 Å². The van der Waals surface area contributed by atoms with Crippen LogP contribution in [0.25, 0.3) is 0 Å². The lowest BCUT2D eigenvalue weighted by molar-refractivity contribution is -0.137. The van der Waals surface area contributed by atoms with Crippen molar-refractivity contribution in [3.63, 3.8) is 0 Å². The number of hydrogen-bond acceptors (Lipinski definition) is 7. The Balaban J connectivity index is 1.55. The van der Waals surface area contributed by atoms with Gasteiger partial charge in [-0.15, -0.1) is 0 Å². The van der Waals surface area contributed by atoms with Crippen LogP contribution in [0.15, 0.2) is 95.3 Å². The predicted molar refractivity (Wildman–Crippen MR) is 189 cm³/mol. The second kappa shape index (κ2) is 13.2. The average Bonchev–Trinajstić information content (AvgIpc) is 3.78. The van der Waals surface area contributed by atoms with Gasteiger partial charge < -0.3 is 15.7 Å². The Kier molecular flexibility index (Phi) is 9.23. The fraction of sp³-hybridized carbons (Fsp3) is 0.513. The number of rotatable bonds is 11. The summed E-state index contributed by atoms with van der Waals surface area (Å²) >= 11 is 0. The van der Waals surface area contributed by atoms with Crippen molar-refractivity contribution in [2.24, 2.45) is 38.6 Å². The fourth-order valence-corrected chi connectivity index (χ4v) is 8.14. The molecule has 8 heteroatoms. The van der Waals surface area contributed by atoms with E-state index in [2.05, 4.69) is 57.4 Å². The molecule has 1 saturated heterocycles. The smallest absolute Gasteiger partial charge is 0.303 e.